The van der Waals surface area contributed by atoms with Gasteiger partial charge in [-0.15, -0.1) is 0 Å². The van der Waals surface area contributed by atoms with Crippen LogP contribution in [0.1, 0.15) is 25.8 Å². The molecule has 0 aliphatic carbocycles. The summed E-state index contributed by atoms with van der Waals surface area (Å²) in [6.07, 6.45) is -2.24. The standard InChI is InChI=1S/C11H15F3N2/c1-8(2)3-5-15-10-7-9(4-6-16-10)11(12,13)14/h4,6-8H,3,5H2,1-2H3,(H,15,16). The molecule has 0 saturated carbocycles. The zero-order valence-electron chi connectivity index (χ0n) is 9.30. The summed E-state index contributed by atoms with van der Waals surface area (Å²) in [5.74, 6) is 0.786. The fraction of sp³-hybridized carbons (Fsp3) is 0.545. The second-order valence-electron chi connectivity index (χ2n) is 4.04. The first-order chi connectivity index (χ1) is 7.39. The van der Waals surface area contributed by atoms with E-state index in [4.69, 9.17) is 0 Å². The molecule has 0 fully saturated rings. The molecule has 0 aromatic carbocycles. The van der Waals surface area contributed by atoms with Crippen molar-refractivity contribution in [1.29, 1.82) is 0 Å². The van der Waals surface area contributed by atoms with Gasteiger partial charge in [-0.2, -0.15) is 13.2 Å². The number of alkyl halides is 3. The molecule has 1 aromatic rings. The third-order valence-electron chi connectivity index (χ3n) is 2.12. The van der Waals surface area contributed by atoms with E-state index in [1.807, 2.05) is 0 Å². The first kappa shape index (κ1) is 12.8. The summed E-state index contributed by atoms with van der Waals surface area (Å²) >= 11 is 0. The van der Waals surface area contributed by atoms with Crippen molar-refractivity contribution in [3.8, 4) is 0 Å². The zero-order chi connectivity index (χ0) is 12.2. The average molecular weight is 232 g/mol. The molecular formula is C11H15F3N2. The van der Waals surface area contributed by atoms with E-state index in [1.54, 1.807) is 0 Å². The largest absolute Gasteiger partial charge is 0.416 e. The average Bonchev–Trinajstić information content (AvgIpc) is 2.16. The van der Waals surface area contributed by atoms with E-state index in [9.17, 15) is 13.2 Å². The number of nitrogens with zero attached hydrogens (tertiary/aromatic N) is 1. The van der Waals surface area contributed by atoms with E-state index in [2.05, 4.69) is 24.1 Å². The summed E-state index contributed by atoms with van der Waals surface area (Å²) in [6.45, 7) is 4.74. The van der Waals surface area contributed by atoms with Crippen molar-refractivity contribution in [3.05, 3.63) is 23.9 Å². The lowest BCUT2D eigenvalue weighted by Crippen LogP contribution is -2.09. The molecule has 0 spiro atoms. The summed E-state index contributed by atoms with van der Waals surface area (Å²) in [6, 6.07) is 1.99. The molecule has 2 nitrogen and oxygen atoms in total. The van der Waals surface area contributed by atoms with Gasteiger partial charge in [0.15, 0.2) is 0 Å². The van der Waals surface area contributed by atoms with Gasteiger partial charge in [0.1, 0.15) is 5.82 Å². The highest BCUT2D eigenvalue weighted by molar-refractivity contribution is 5.38. The van der Waals surface area contributed by atoms with Gasteiger partial charge in [-0.3, -0.25) is 0 Å². The molecular weight excluding hydrogens is 217 g/mol. The van der Waals surface area contributed by atoms with Crippen molar-refractivity contribution in [3.63, 3.8) is 0 Å². The summed E-state index contributed by atoms with van der Waals surface area (Å²) < 4.78 is 37.1. The van der Waals surface area contributed by atoms with Gasteiger partial charge in [-0.05, 0) is 24.5 Å². The molecule has 1 N–H and O–H groups in total. The number of anilines is 1. The number of rotatable bonds is 4. The van der Waals surface area contributed by atoms with Crippen LogP contribution in [-0.4, -0.2) is 11.5 Å². The molecule has 1 heterocycles. The number of hydrogen-bond acceptors (Lipinski definition) is 2. The van der Waals surface area contributed by atoms with Gasteiger partial charge in [0.05, 0.1) is 5.56 Å². The second-order valence-corrected chi connectivity index (χ2v) is 4.04. The van der Waals surface area contributed by atoms with Gasteiger partial charge in [0, 0.05) is 12.7 Å². The lowest BCUT2D eigenvalue weighted by atomic mass is 10.1. The van der Waals surface area contributed by atoms with Gasteiger partial charge in [0.2, 0.25) is 0 Å². The van der Waals surface area contributed by atoms with E-state index >= 15 is 0 Å². The molecule has 16 heavy (non-hydrogen) atoms. The number of hydrogen-bond donors (Lipinski definition) is 1. The van der Waals surface area contributed by atoms with Crippen molar-refractivity contribution in [2.75, 3.05) is 11.9 Å². The maximum Gasteiger partial charge on any atom is 0.416 e. The highest BCUT2D eigenvalue weighted by Crippen LogP contribution is 2.29. The van der Waals surface area contributed by atoms with Crippen LogP contribution in [0.15, 0.2) is 18.3 Å². The predicted octanol–water partition coefficient (Wildman–Crippen LogP) is 3.56. The monoisotopic (exact) mass is 232 g/mol. The zero-order valence-corrected chi connectivity index (χ0v) is 9.30. The van der Waals surface area contributed by atoms with Gasteiger partial charge < -0.3 is 5.32 Å². The Balaban J connectivity index is 2.61. The minimum atomic E-state index is -4.31. The molecule has 1 rings (SSSR count). The van der Waals surface area contributed by atoms with Crippen LogP contribution in [0.3, 0.4) is 0 Å². The second kappa shape index (κ2) is 5.18. The maximum atomic E-state index is 12.4. The van der Waals surface area contributed by atoms with Crippen LogP contribution < -0.4 is 5.32 Å². The van der Waals surface area contributed by atoms with Crippen LogP contribution in [0.4, 0.5) is 19.0 Å². The van der Waals surface area contributed by atoms with E-state index in [0.29, 0.717) is 12.5 Å². The summed E-state index contributed by atoms with van der Waals surface area (Å²) in [4.78, 5) is 3.84. The van der Waals surface area contributed by atoms with Crippen molar-refractivity contribution in [2.45, 2.75) is 26.4 Å². The number of halogens is 3. The maximum absolute atomic E-state index is 12.4. The first-order valence-corrected chi connectivity index (χ1v) is 5.16. The third kappa shape index (κ3) is 4.08. The molecule has 0 aliphatic heterocycles. The molecule has 0 aliphatic rings. The van der Waals surface area contributed by atoms with Gasteiger partial charge in [-0.1, -0.05) is 13.8 Å². The van der Waals surface area contributed by atoms with E-state index in [-0.39, 0.29) is 5.82 Å². The lowest BCUT2D eigenvalue weighted by Gasteiger charge is -2.10. The molecule has 0 saturated heterocycles. The third-order valence-corrected chi connectivity index (χ3v) is 2.12. The van der Waals surface area contributed by atoms with Crippen LogP contribution >= 0.6 is 0 Å². The van der Waals surface area contributed by atoms with Crippen molar-refractivity contribution < 1.29 is 13.2 Å². The van der Waals surface area contributed by atoms with Crippen LogP contribution in [0, 0.1) is 5.92 Å². The molecule has 5 heteroatoms. The molecule has 1 aromatic heterocycles. The quantitative estimate of drug-likeness (QED) is 0.858. The van der Waals surface area contributed by atoms with Gasteiger partial charge in [0.25, 0.3) is 0 Å². The normalized spacial score (nSPS) is 11.9. The highest BCUT2D eigenvalue weighted by Gasteiger charge is 2.30. The number of aromatic nitrogens is 1. The molecule has 0 unspecified atom stereocenters. The predicted molar refractivity (Wildman–Crippen MR) is 57.2 cm³/mol. The Hall–Kier alpha value is -1.26. The van der Waals surface area contributed by atoms with E-state index in [1.165, 1.54) is 6.20 Å². The molecule has 0 radical (unpaired) electrons. The lowest BCUT2D eigenvalue weighted by molar-refractivity contribution is -0.137. The molecule has 0 amide bonds. The Kier molecular flexibility index (Phi) is 4.15. The van der Waals surface area contributed by atoms with Crippen molar-refractivity contribution in [2.24, 2.45) is 5.92 Å². The minimum absolute atomic E-state index is 0.274. The minimum Gasteiger partial charge on any atom is -0.370 e. The SMILES string of the molecule is CC(C)CCNc1cc(C(F)(F)F)ccn1. The Bertz CT molecular complexity index is 334. The molecule has 0 atom stereocenters. The summed E-state index contributed by atoms with van der Waals surface area (Å²) in [5.41, 5.74) is -0.672. The molecule has 0 bridgehead atoms. The molecule has 90 valence electrons. The van der Waals surface area contributed by atoms with Crippen LogP contribution in [-0.2, 0) is 6.18 Å². The first-order valence-electron chi connectivity index (χ1n) is 5.16. The fourth-order valence-corrected chi connectivity index (χ4v) is 1.19. The number of nitrogens with one attached hydrogen (secondary N) is 1. The Morgan fingerprint density at radius 3 is 2.62 bits per heavy atom. The van der Waals surface area contributed by atoms with Crippen molar-refractivity contribution in [1.82, 2.24) is 4.98 Å². The Morgan fingerprint density at radius 2 is 2.06 bits per heavy atom. The van der Waals surface area contributed by atoms with Crippen LogP contribution in [0.5, 0.6) is 0 Å². The topological polar surface area (TPSA) is 24.9 Å². The van der Waals surface area contributed by atoms with Crippen molar-refractivity contribution >= 4 is 5.82 Å². The smallest absolute Gasteiger partial charge is 0.370 e. The fourth-order valence-electron chi connectivity index (χ4n) is 1.19. The summed E-state index contributed by atoms with van der Waals surface area (Å²) in [5, 5.41) is 2.88. The Morgan fingerprint density at radius 1 is 1.38 bits per heavy atom. The van der Waals surface area contributed by atoms with Gasteiger partial charge >= 0.3 is 6.18 Å². The van der Waals surface area contributed by atoms with E-state index < -0.39 is 11.7 Å². The highest BCUT2D eigenvalue weighted by atomic mass is 19.4. The van der Waals surface area contributed by atoms with Gasteiger partial charge in [-0.25, -0.2) is 4.98 Å². The number of pyridine rings is 1. The van der Waals surface area contributed by atoms with E-state index in [0.717, 1.165) is 18.6 Å². The van der Waals surface area contributed by atoms with Crippen LogP contribution in [0.2, 0.25) is 0 Å². The van der Waals surface area contributed by atoms with Crippen LogP contribution in [0.25, 0.3) is 0 Å². The summed E-state index contributed by atoms with van der Waals surface area (Å²) in [7, 11) is 0. The Labute approximate surface area is 92.9 Å².